The molecule has 0 spiro atoms. The molecule has 0 fully saturated rings. The second-order valence-corrected chi connectivity index (χ2v) is 6.90. The number of aliphatic hydroxyl groups excluding tert-OH is 1. The van der Waals surface area contributed by atoms with E-state index in [1.54, 1.807) is 18.3 Å². The van der Waals surface area contributed by atoms with Crippen LogP contribution >= 0.6 is 0 Å². The van der Waals surface area contributed by atoms with Gasteiger partial charge in [0.25, 0.3) is 0 Å². The van der Waals surface area contributed by atoms with Crippen molar-refractivity contribution >= 4 is 0 Å². The van der Waals surface area contributed by atoms with Gasteiger partial charge in [-0.1, -0.05) is 13.8 Å². The number of aliphatic hydroxyl groups is 1. The molecule has 0 amide bonds. The molecule has 2 rings (SSSR count). The van der Waals surface area contributed by atoms with Crippen molar-refractivity contribution in [1.29, 1.82) is 5.26 Å². The molecule has 0 saturated heterocycles. The monoisotopic (exact) mass is 424 g/mol. The van der Waals surface area contributed by atoms with Gasteiger partial charge in [-0.3, -0.25) is 4.98 Å². The first kappa shape index (κ1) is 23.4. The molecule has 9 heteroatoms. The Labute approximate surface area is 172 Å². The van der Waals surface area contributed by atoms with Gasteiger partial charge in [0.15, 0.2) is 6.79 Å². The van der Waals surface area contributed by atoms with Crippen molar-refractivity contribution in [1.82, 2.24) is 4.98 Å². The number of pyridine rings is 1. The van der Waals surface area contributed by atoms with Gasteiger partial charge in [-0.05, 0) is 36.6 Å². The van der Waals surface area contributed by atoms with Crippen LogP contribution in [0.4, 0.5) is 13.2 Å². The van der Waals surface area contributed by atoms with Gasteiger partial charge in [0, 0.05) is 11.8 Å². The summed E-state index contributed by atoms with van der Waals surface area (Å²) in [6, 6.07) is 6.51. The zero-order valence-corrected chi connectivity index (χ0v) is 16.6. The molecule has 2 aromatic rings. The number of nitrogens with zero attached hydrogens (tertiary/aromatic N) is 2. The molecule has 0 radical (unpaired) electrons. The summed E-state index contributed by atoms with van der Waals surface area (Å²) in [5.41, 5.74) is -0.876. The number of aromatic nitrogens is 1. The Morgan fingerprint density at radius 1 is 1.17 bits per heavy atom. The van der Waals surface area contributed by atoms with Crippen LogP contribution in [0.3, 0.4) is 0 Å². The maximum absolute atomic E-state index is 13.3. The number of nitriles is 1. The highest BCUT2D eigenvalue weighted by Gasteiger charge is 2.34. The molecule has 1 atom stereocenters. The van der Waals surface area contributed by atoms with E-state index in [4.69, 9.17) is 24.6 Å². The minimum Gasteiger partial charge on any atom is -0.486 e. The number of hydrogen-bond acceptors (Lipinski definition) is 6. The summed E-state index contributed by atoms with van der Waals surface area (Å²) < 4.78 is 56.1. The first-order valence-corrected chi connectivity index (χ1v) is 9.29. The third kappa shape index (κ3) is 6.90. The lowest BCUT2D eigenvalue weighted by molar-refractivity contribution is -0.137. The van der Waals surface area contributed by atoms with E-state index in [9.17, 15) is 13.2 Å². The summed E-state index contributed by atoms with van der Waals surface area (Å²) in [5, 5.41) is 17.7. The number of rotatable bonds is 10. The molecule has 0 aliphatic heterocycles. The van der Waals surface area contributed by atoms with E-state index in [1.807, 2.05) is 13.8 Å². The Hall–Kier alpha value is -2.83. The minimum absolute atomic E-state index is 0.00424. The molecule has 0 aliphatic carbocycles. The van der Waals surface area contributed by atoms with Crippen LogP contribution in [0.25, 0.3) is 0 Å². The Bertz CT molecular complexity index is 866. The highest BCUT2D eigenvalue weighted by atomic mass is 19.4. The van der Waals surface area contributed by atoms with Crippen molar-refractivity contribution in [2.45, 2.75) is 32.5 Å². The van der Waals surface area contributed by atoms with E-state index in [1.165, 1.54) is 12.3 Å². The zero-order valence-electron chi connectivity index (χ0n) is 16.6. The summed E-state index contributed by atoms with van der Waals surface area (Å²) in [7, 11) is 0. The lowest BCUT2D eigenvalue weighted by Crippen LogP contribution is -2.13. The van der Waals surface area contributed by atoms with Crippen LogP contribution in [0.5, 0.6) is 11.5 Å². The van der Waals surface area contributed by atoms with Crippen LogP contribution in [0, 0.1) is 17.2 Å². The van der Waals surface area contributed by atoms with Crippen molar-refractivity contribution in [3.63, 3.8) is 0 Å². The van der Waals surface area contributed by atoms with Crippen molar-refractivity contribution in [2.75, 3.05) is 20.0 Å². The highest BCUT2D eigenvalue weighted by molar-refractivity contribution is 5.44. The molecular formula is C21H23F3N2O4. The SMILES string of the molecule is CC(C)CC(Oc1ccc(C#N)c(C(F)(F)F)c1)c1cncc(OCOCCO)c1. The summed E-state index contributed by atoms with van der Waals surface area (Å²) in [6.45, 7) is 3.86. The molecule has 1 N–H and O–H groups in total. The smallest absolute Gasteiger partial charge is 0.417 e. The molecule has 0 aliphatic rings. The molecule has 1 aromatic carbocycles. The number of halogens is 3. The lowest BCUT2D eigenvalue weighted by atomic mass is 10.00. The fraction of sp³-hybridized carbons (Fsp3) is 0.429. The van der Waals surface area contributed by atoms with Gasteiger partial charge in [0.05, 0.1) is 36.6 Å². The average Bonchev–Trinajstić information content (AvgIpc) is 2.70. The molecule has 0 saturated carbocycles. The Morgan fingerprint density at radius 2 is 1.93 bits per heavy atom. The highest BCUT2D eigenvalue weighted by Crippen LogP contribution is 2.36. The van der Waals surface area contributed by atoms with Crippen LogP contribution < -0.4 is 9.47 Å². The van der Waals surface area contributed by atoms with Crippen LogP contribution in [0.1, 0.15) is 43.1 Å². The lowest BCUT2D eigenvalue weighted by Gasteiger charge is -2.22. The van der Waals surface area contributed by atoms with Crippen molar-refractivity contribution in [3.8, 4) is 17.6 Å². The summed E-state index contributed by atoms with van der Waals surface area (Å²) in [5.74, 6) is 0.594. The first-order valence-electron chi connectivity index (χ1n) is 9.29. The van der Waals surface area contributed by atoms with Gasteiger partial charge in [-0.15, -0.1) is 0 Å². The largest absolute Gasteiger partial charge is 0.486 e. The second kappa shape index (κ2) is 10.8. The van der Waals surface area contributed by atoms with Gasteiger partial charge in [-0.25, -0.2) is 0 Å². The molecular weight excluding hydrogens is 401 g/mol. The number of ether oxygens (including phenoxy) is 3. The summed E-state index contributed by atoms with van der Waals surface area (Å²) in [4.78, 5) is 4.10. The predicted molar refractivity (Wildman–Crippen MR) is 102 cm³/mol. The second-order valence-electron chi connectivity index (χ2n) is 6.90. The van der Waals surface area contributed by atoms with Gasteiger partial charge in [0.1, 0.15) is 17.6 Å². The zero-order chi connectivity index (χ0) is 22.1. The van der Waals surface area contributed by atoms with Gasteiger partial charge < -0.3 is 19.3 Å². The maximum atomic E-state index is 13.3. The summed E-state index contributed by atoms with van der Waals surface area (Å²) in [6.07, 6.45) is -1.69. The minimum atomic E-state index is -4.66. The third-order valence-corrected chi connectivity index (χ3v) is 4.03. The van der Waals surface area contributed by atoms with Gasteiger partial charge in [-0.2, -0.15) is 18.4 Å². The van der Waals surface area contributed by atoms with E-state index in [2.05, 4.69) is 4.98 Å². The van der Waals surface area contributed by atoms with Crippen LogP contribution in [0.15, 0.2) is 36.7 Å². The molecule has 0 bridgehead atoms. The van der Waals surface area contributed by atoms with Crippen molar-refractivity contribution in [2.24, 2.45) is 5.92 Å². The van der Waals surface area contributed by atoms with E-state index >= 15 is 0 Å². The maximum Gasteiger partial charge on any atom is 0.417 e. The number of alkyl halides is 3. The van der Waals surface area contributed by atoms with Crippen LogP contribution in [-0.4, -0.2) is 30.1 Å². The van der Waals surface area contributed by atoms with Crippen LogP contribution in [0.2, 0.25) is 0 Å². The van der Waals surface area contributed by atoms with Crippen molar-refractivity contribution < 1.29 is 32.5 Å². The fourth-order valence-electron chi connectivity index (χ4n) is 2.70. The average molecular weight is 424 g/mol. The number of benzene rings is 1. The molecule has 6 nitrogen and oxygen atoms in total. The third-order valence-electron chi connectivity index (χ3n) is 4.03. The van der Waals surface area contributed by atoms with Gasteiger partial charge in [0.2, 0.25) is 0 Å². The molecule has 162 valence electrons. The number of hydrogen-bond donors (Lipinski definition) is 1. The van der Waals surface area contributed by atoms with E-state index in [-0.39, 0.29) is 31.7 Å². The molecule has 1 unspecified atom stereocenters. The normalized spacial score (nSPS) is 12.5. The Balaban J connectivity index is 2.26. The van der Waals surface area contributed by atoms with Gasteiger partial charge >= 0.3 is 6.18 Å². The van der Waals surface area contributed by atoms with E-state index in [0.29, 0.717) is 17.7 Å². The molecule has 1 heterocycles. The standard InChI is InChI=1S/C21H23F3N2O4/c1-14(2)7-20(16-8-18(12-26-11-16)29-13-28-6-5-27)30-17-4-3-15(10-25)19(9-17)21(22,23)24/h3-4,8-9,11-12,14,20,27H,5-7,13H2,1-2H3. The Morgan fingerprint density at radius 3 is 2.57 bits per heavy atom. The quantitative estimate of drug-likeness (QED) is 0.447. The molecule has 1 aromatic heterocycles. The summed E-state index contributed by atoms with van der Waals surface area (Å²) >= 11 is 0. The predicted octanol–water partition coefficient (Wildman–Crippen LogP) is 4.48. The topological polar surface area (TPSA) is 84.6 Å². The van der Waals surface area contributed by atoms with E-state index in [0.717, 1.165) is 12.1 Å². The fourth-order valence-corrected chi connectivity index (χ4v) is 2.70. The molecule has 30 heavy (non-hydrogen) atoms. The Kier molecular flexibility index (Phi) is 8.45. The van der Waals surface area contributed by atoms with Crippen molar-refractivity contribution in [3.05, 3.63) is 53.3 Å². The van der Waals surface area contributed by atoms with Crippen LogP contribution in [-0.2, 0) is 10.9 Å². The first-order chi connectivity index (χ1) is 14.2. The van der Waals surface area contributed by atoms with E-state index < -0.39 is 23.4 Å².